The lowest BCUT2D eigenvalue weighted by molar-refractivity contribution is 0.0997. The lowest BCUT2D eigenvalue weighted by atomic mass is 9.95. The van der Waals surface area contributed by atoms with Crippen LogP contribution >= 0.6 is 0 Å². The smallest absolute Gasteiger partial charge is 0.249 e. The maximum Gasteiger partial charge on any atom is 0.249 e. The van der Waals surface area contributed by atoms with Crippen molar-refractivity contribution in [3.63, 3.8) is 0 Å². The standard InChI is InChI=1S/C11H12F3NO/c1-3-5-7(11(15)16)6(4-2)9(13)10(14)8(5)12/h3-4H2,1-2H3,(H2,15,16). The Morgan fingerprint density at radius 1 is 1.00 bits per heavy atom. The summed E-state index contributed by atoms with van der Waals surface area (Å²) in [5, 5.41) is 0. The average Bonchev–Trinajstić information content (AvgIpc) is 2.25. The first-order chi connectivity index (χ1) is 7.45. The van der Waals surface area contributed by atoms with E-state index in [-0.39, 0.29) is 29.5 Å². The van der Waals surface area contributed by atoms with Gasteiger partial charge in [-0.05, 0) is 12.8 Å². The summed E-state index contributed by atoms with van der Waals surface area (Å²) in [5.74, 6) is -5.14. The van der Waals surface area contributed by atoms with E-state index in [1.807, 2.05) is 0 Å². The molecule has 0 heterocycles. The quantitative estimate of drug-likeness (QED) is 0.797. The minimum Gasteiger partial charge on any atom is -0.366 e. The molecule has 88 valence electrons. The number of hydrogen-bond donors (Lipinski definition) is 1. The molecule has 0 atom stereocenters. The summed E-state index contributed by atoms with van der Waals surface area (Å²) >= 11 is 0. The Balaban J connectivity index is 3.73. The summed E-state index contributed by atoms with van der Waals surface area (Å²) in [6.07, 6.45) is 0.155. The molecule has 0 saturated carbocycles. The Bertz CT molecular complexity index is 412. The van der Waals surface area contributed by atoms with Crippen LogP contribution in [0, 0.1) is 17.5 Å². The summed E-state index contributed by atoms with van der Waals surface area (Å²) in [6, 6.07) is 0. The molecule has 0 aliphatic rings. The van der Waals surface area contributed by atoms with Gasteiger partial charge in [0.1, 0.15) is 0 Å². The molecular weight excluding hydrogens is 219 g/mol. The fourth-order valence-electron chi connectivity index (χ4n) is 1.72. The van der Waals surface area contributed by atoms with Crippen LogP contribution in [-0.4, -0.2) is 5.91 Å². The maximum atomic E-state index is 13.4. The van der Waals surface area contributed by atoms with Gasteiger partial charge in [0.05, 0.1) is 5.56 Å². The average molecular weight is 231 g/mol. The number of rotatable bonds is 3. The molecule has 1 rings (SSSR count). The highest BCUT2D eigenvalue weighted by molar-refractivity contribution is 5.96. The van der Waals surface area contributed by atoms with Crippen LogP contribution in [0.4, 0.5) is 13.2 Å². The third kappa shape index (κ3) is 1.77. The first-order valence-electron chi connectivity index (χ1n) is 4.93. The van der Waals surface area contributed by atoms with Gasteiger partial charge in [-0.15, -0.1) is 0 Å². The van der Waals surface area contributed by atoms with Gasteiger partial charge in [-0.1, -0.05) is 13.8 Å². The predicted molar refractivity (Wildman–Crippen MR) is 53.6 cm³/mol. The van der Waals surface area contributed by atoms with E-state index < -0.39 is 23.4 Å². The van der Waals surface area contributed by atoms with Crippen LogP contribution in [0.1, 0.15) is 35.3 Å². The van der Waals surface area contributed by atoms with Gasteiger partial charge in [0.15, 0.2) is 17.5 Å². The summed E-state index contributed by atoms with van der Waals surface area (Å²) < 4.78 is 39.9. The Labute approximate surface area is 91.3 Å². The van der Waals surface area contributed by atoms with E-state index in [0.29, 0.717) is 0 Å². The minimum absolute atomic E-state index is 0.0777. The second kappa shape index (κ2) is 4.55. The molecule has 0 unspecified atom stereocenters. The highest BCUT2D eigenvalue weighted by Gasteiger charge is 2.25. The van der Waals surface area contributed by atoms with E-state index in [2.05, 4.69) is 0 Å². The number of hydrogen-bond acceptors (Lipinski definition) is 1. The summed E-state index contributed by atoms with van der Waals surface area (Å²) in [6.45, 7) is 3.09. The fraction of sp³-hybridized carbons (Fsp3) is 0.364. The van der Waals surface area contributed by atoms with E-state index in [1.165, 1.54) is 0 Å². The van der Waals surface area contributed by atoms with Gasteiger partial charge < -0.3 is 5.73 Å². The number of nitrogens with two attached hydrogens (primary N) is 1. The van der Waals surface area contributed by atoms with E-state index in [4.69, 9.17) is 5.73 Å². The first-order valence-corrected chi connectivity index (χ1v) is 4.93. The van der Waals surface area contributed by atoms with Crippen molar-refractivity contribution in [2.24, 2.45) is 5.73 Å². The van der Waals surface area contributed by atoms with E-state index in [9.17, 15) is 18.0 Å². The predicted octanol–water partition coefficient (Wildman–Crippen LogP) is 2.33. The van der Waals surface area contributed by atoms with Gasteiger partial charge in [0.2, 0.25) is 5.91 Å². The van der Waals surface area contributed by atoms with Crippen molar-refractivity contribution in [1.29, 1.82) is 0 Å². The zero-order valence-corrected chi connectivity index (χ0v) is 9.03. The molecule has 2 N–H and O–H groups in total. The SMILES string of the molecule is CCc1c(F)c(F)c(F)c(CC)c1C(N)=O. The van der Waals surface area contributed by atoms with Crippen LogP contribution in [0.25, 0.3) is 0 Å². The van der Waals surface area contributed by atoms with Crippen molar-refractivity contribution in [3.8, 4) is 0 Å². The van der Waals surface area contributed by atoms with Gasteiger partial charge in [-0.25, -0.2) is 13.2 Å². The van der Waals surface area contributed by atoms with E-state index >= 15 is 0 Å². The number of halogens is 3. The van der Waals surface area contributed by atoms with Gasteiger partial charge in [-0.3, -0.25) is 4.79 Å². The number of carbonyl (C=O) groups excluding carboxylic acids is 1. The number of benzene rings is 1. The highest BCUT2D eigenvalue weighted by atomic mass is 19.2. The van der Waals surface area contributed by atoms with Crippen molar-refractivity contribution in [2.45, 2.75) is 26.7 Å². The second-order valence-corrected chi connectivity index (χ2v) is 3.35. The highest BCUT2D eigenvalue weighted by Crippen LogP contribution is 2.26. The molecule has 2 nitrogen and oxygen atoms in total. The van der Waals surface area contributed by atoms with Crippen molar-refractivity contribution < 1.29 is 18.0 Å². The number of primary amides is 1. The maximum absolute atomic E-state index is 13.4. The number of carbonyl (C=O) groups is 1. The molecule has 0 aliphatic carbocycles. The van der Waals surface area contributed by atoms with Crippen molar-refractivity contribution in [1.82, 2.24) is 0 Å². The molecular formula is C11H12F3NO. The van der Waals surface area contributed by atoms with Gasteiger partial charge in [0, 0.05) is 11.1 Å². The molecule has 0 fully saturated rings. The lowest BCUT2D eigenvalue weighted by Gasteiger charge is -2.13. The van der Waals surface area contributed by atoms with Crippen molar-refractivity contribution in [2.75, 3.05) is 0 Å². The molecule has 0 bridgehead atoms. The van der Waals surface area contributed by atoms with Crippen LogP contribution in [0.2, 0.25) is 0 Å². The van der Waals surface area contributed by atoms with E-state index in [0.717, 1.165) is 0 Å². The molecule has 1 aromatic rings. The molecule has 1 amide bonds. The Kier molecular flexibility index (Phi) is 3.57. The van der Waals surface area contributed by atoms with Crippen LogP contribution < -0.4 is 5.73 Å². The van der Waals surface area contributed by atoms with Crippen LogP contribution in [0.5, 0.6) is 0 Å². The second-order valence-electron chi connectivity index (χ2n) is 3.35. The zero-order chi connectivity index (χ0) is 12.5. The van der Waals surface area contributed by atoms with Gasteiger partial charge >= 0.3 is 0 Å². The molecule has 1 aromatic carbocycles. The molecule has 0 saturated heterocycles. The third-order valence-corrected chi connectivity index (χ3v) is 2.47. The van der Waals surface area contributed by atoms with Crippen LogP contribution in [0.15, 0.2) is 0 Å². The molecule has 0 radical (unpaired) electrons. The van der Waals surface area contributed by atoms with Gasteiger partial charge in [-0.2, -0.15) is 0 Å². The van der Waals surface area contributed by atoms with Crippen LogP contribution in [-0.2, 0) is 12.8 Å². The third-order valence-electron chi connectivity index (χ3n) is 2.47. The number of amides is 1. The topological polar surface area (TPSA) is 43.1 Å². The molecule has 0 spiro atoms. The minimum atomic E-state index is -1.54. The Morgan fingerprint density at radius 2 is 1.38 bits per heavy atom. The zero-order valence-electron chi connectivity index (χ0n) is 9.03. The molecule has 16 heavy (non-hydrogen) atoms. The normalized spacial score (nSPS) is 10.6. The largest absolute Gasteiger partial charge is 0.366 e. The van der Waals surface area contributed by atoms with Gasteiger partial charge in [0.25, 0.3) is 0 Å². The summed E-state index contributed by atoms with van der Waals surface area (Å²) in [7, 11) is 0. The molecule has 5 heteroatoms. The monoisotopic (exact) mass is 231 g/mol. The van der Waals surface area contributed by atoms with Crippen LogP contribution in [0.3, 0.4) is 0 Å². The summed E-state index contributed by atoms with van der Waals surface area (Å²) in [5.41, 5.74) is 4.50. The van der Waals surface area contributed by atoms with E-state index in [1.54, 1.807) is 13.8 Å². The lowest BCUT2D eigenvalue weighted by Crippen LogP contribution is -2.20. The van der Waals surface area contributed by atoms with Crippen molar-refractivity contribution >= 4 is 5.91 Å². The molecule has 0 aromatic heterocycles. The Morgan fingerprint density at radius 3 is 1.62 bits per heavy atom. The Hall–Kier alpha value is -1.52. The fourth-order valence-corrected chi connectivity index (χ4v) is 1.72. The first kappa shape index (κ1) is 12.5. The molecule has 0 aliphatic heterocycles. The van der Waals surface area contributed by atoms with Crippen molar-refractivity contribution in [3.05, 3.63) is 34.1 Å². The summed E-state index contributed by atoms with van der Waals surface area (Å²) in [4.78, 5) is 11.1.